The molecule has 0 saturated heterocycles. The maximum absolute atomic E-state index is 13.6. The average molecular weight is 235 g/mol. The van der Waals surface area contributed by atoms with Crippen LogP contribution in [-0.4, -0.2) is 24.0 Å². The lowest BCUT2D eigenvalue weighted by Gasteiger charge is -2.15. The van der Waals surface area contributed by atoms with Crippen LogP contribution < -0.4 is 4.90 Å². The molecule has 0 atom stereocenters. The van der Waals surface area contributed by atoms with Crippen LogP contribution in [0.1, 0.15) is 23.7 Å². The fourth-order valence-corrected chi connectivity index (χ4v) is 1.75. The molecule has 0 aliphatic carbocycles. The Labute approximate surface area is 97.0 Å². The molecule has 0 bridgehead atoms. The van der Waals surface area contributed by atoms with Crippen LogP contribution in [-0.2, 0) is 9.59 Å². The monoisotopic (exact) mass is 235 g/mol. The van der Waals surface area contributed by atoms with Crippen molar-refractivity contribution in [1.29, 1.82) is 0 Å². The molecule has 0 aromatic heterocycles. The Kier molecular flexibility index (Phi) is 2.75. The highest BCUT2D eigenvalue weighted by atomic mass is 19.1. The molecule has 1 aromatic rings. The molecule has 0 radical (unpaired) electrons. The number of carbonyl (C=O) groups excluding carboxylic acids is 3. The van der Waals surface area contributed by atoms with Crippen LogP contribution in [0.3, 0.4) is 0 Å². The average Bonchev–Trinajstić information content (AvgIpc) is 2.56. The van der Waals surface area contributed by atoms with Gasteiger partial charge in [-0.05, 0) is 12.1 Å². The summed E-state index contributed by atoms with van der Waals surface area (Å²) in [5.41, 5.74) is -0.0526. The van der Waals surface area contributed by atoms with Crippen LogP contribution in [0.4, 0.5) is 10.1 Å². The number of hydrogen-bond donors (Lipinski definition) is 0. The summed E-state index contributed by atoms with van der Waals surface area (Å²) >= 11 is 0. The first-order valence-corrected chi connectivity index (χ1v) is 5.22. The van der Waals surface area contributed by atoms with Gasteiger partial charge in [0.2, 0.25) is 0 Å². The number of rotatable bonds is 3. The van der Waals surface area contributed by atoms with E-state index in [0.717, 1.165) is 11.0 Å². The van der Waals surface area contributed by atoms with Crippen molar-refractivity contribution in [2.75, 3.05) is 11.4 Å². The molecule has 0 saturated carbocycles. The van der Waals surface area contributed by atoms with Crippen molar-refractivity contribution in [2.45, 2.75) is 13.3 Å². The number of anilines is 1. The predicted molar refractivity (Wildman–Crippen MR) is 58.4 cm³/mol. The fraction of sp³-hybridized carbons (Fsp3) is 0.250. The lowest BCUT2D eigenvalue weighted by Crippen LogP contribution is -2.34. The number of benzene rings is 1. The van der Waals surface area contributed by atoms with Crippen LogP contribution in [0.25, 0.3) is 0 Å². The number of para-hydroxylation sites is 1. The van der Waals surface area contributed by atoms with Crippen LogP contribution in [0.2, 0.25) is 0 Å². The van der Waals surface area contributed by atoms with Gasteiger partial charge in [0.25, 0.3) is 11.7 Å². The molecule has 0 spiro atoms. The van der Waals surface area contributed by atoms with Gasteiger partial charge in [-0.15, -0.1) is 0 Å². The number of hydrogen-bond acceptors (Lipinski definition) is 3. The number of halogens is 1. The summed E-state index contributed by atoms with van der Waals surface area (Å²) in [6.45, 7) is 1.39. The number of fused-ring (bicyclic) bond motifs is 1. The molecular weight excluding hydrogens is 225 g/mol. The van der Waals surface area contributed by atoms with Crippen molar-refractivity contribution in [3.63, 3.8) is 0 Å². The van der Waals surface area contributed by atoms with Crippen molar-refractivity contribution in [3.05, 3.63) is 29.6 Å². The maximum Gasteiger partial charge on any atom is 0.299 e. The van der Waals surface area contributed by atoms with Crippen molar-refractivity contribution in [2.24, 2.45) is 0 Å². The number of Topliss-reactive ketones (excluding diaryl/α,β-unsaturated/α-hetero) is 2. The quantitative estimate of drug-likeness (QED) is 0.743. The Hall–Kier alpha value is -2.04. The molecule has 1 aromatic carbocycles. The summed E-state index contributed by atoms with van der Waals surface area (Å²) in [5, 5.41) is 0. The van der Waals surface area contributed by atoms with Gasteiger partial charge in [-0.25, -0.2) is 4.39 Å². The lowest BCUT2D eigenvalue weighted by atomic mass is 10.1. The van der Waals surface area contributed by atoms with Gasteiger partial charge in [-0.1, -0.05) is 13.0 Å². The first kappa shape index (κ1) is 11.4. The van der Waals surface area contributed by atoms with E-state index in [0.29, 0.717) is 0 Å². The van der Waals surface area contributed by atoms with Crippen LogP contribution >= 0.6 is 0 Å². The standard InChI is InChI=1S/C12H10FNO3/c1-2-7(15)6-14-10-8(11(16)12(14)17)4-3-5-9(10)13/h3-5H,2,6H2,1H3. The maximum atomic E-state index is 13.6. The molecule has 17 heavy (non-hydrogen) atoms. The Morgan fingerprint density at radius 2 is 2.06 bits per heavy atom. The lowest BCUT2D eigenvalue weighted by molar-refractivity contribution is -0.120. The van der Waals surface area contributed by atoms with Gasteiger partial charge in [0.1, 0.15) is 5.82 Å². The zero-order chi connectivity index (χ0) is 12.6. The molecule has 1 aliphatic heterocycles. The van der Waals surface area contributed by atoms with Crippen LogP contribution in [0.5, 0.6) is 0 Å². The molecule has 1 aliphatic rings. The molecule has 0 unspecified atom stereocenters. The number of nitrogens with zero attached hydrogens (tertiary/aromatic N) is 1. The Morgan fingerprint density at radius 1 is 1.35 bits per heavy atom. The van der Waals surface area contributed by atoms with Crippen molar-refractivity contribution >= 4 is 23.2 Å². The minimum absolute atomic E-state index is 0.0268. The summed E-state index contributed by atoms with van der Waals surface area (Å²) in [4.78, 5) is 35.4. The third-order valence-electron chi connectivity index (χ3n) is 2.67. The minimum Gasteiger partial charge on any atom is -0.298 e. The highest BCUT2D eigenvalue weighted by Gasteiger charge is 2.38. The molecule has 4 nitrogen and oxygen atoms in total. The Morgan fingerprint density at radius 3 is 2.71 bits per heavy atom. The van der Waals surface area contributed by atoms with E-state index in [-0.39, 0.29) is 30.0 Å². The Balaban J connectivity index is 2.47. The van der Waals surface area contributed by atoms with Gasteiger partial charge < -0.3 is 0 Å². The van der Waals surface area contributed by atoms with Gasteiger partial charge >= 0.3 is 0 Å². The molecule has 5 heteroatoms. The van der Waals surface area contributed by atoms with Crippen LogP contribution in [0, 0.1) is 5.82 Å². The largest absolute Gasteiger partial charge is 0.299 e. The number of carbonyl (C=O) groups is 3. The second-order valence-corrected chi connectivity index (χ2v) is 3.75. The van der Waals surface area contributed by atoms with E-state index in [2.05, 4.69) is 0 Å². The van der Waals surface area contributed by atoms with Gasteiger partial charge in [-0.3, -0.25) is 19.3 Å². The van der Waals surface area contributed by atoms with Gasteiger partial charge in [0.15, 0.2) is 5.78 Å². The van der Waals surface area contributed by atoms with E-state index in [9.17, 15) is 18.8 Å². The molecule has 1 amide bonds. The summed E-state index contributed by atoms with van der Waals surface area (Å²) in [5.74, 6) is -2.48. The fourth-order valence-electron chi connectivity index (χ4n) is 1.75. The first-order valence-electron chi connectivity index (χ1n) is 5.22. The summed E-state index contributed by atoms with van der Waals surface area (Å²) in [6.07, 6.45) is 0.238. The molecule has 0 fully saturated rings. The predicted octanol–water partition coefficient (Wildman–Crippen LogP) is 1.33. The molecule has 0 N–H and O–H groups in total. The van der Waals surface area contributed by atoms with E-state index in [1.54, 1.807) is 6.92 Å². The van der Waals surface area contributed by atoms with E-state index < -0.39 is 17.5 Å². The number of ketones is 2. The summed E-state index contributed by atoms with van der Waals surface area (Å²) in [7, 11) is 0. The summed E-state index contributed by atoms with van der Waals surface area (Å²) in [6, 6.07) is 3.91. The molecule has 2 rings (SSSR count). The zero-order valence-corrected chi connectivity index (χ0v) is 9.20. The zero-order valence-electron chi connectivity index (χ0n) is 9.20. The second kappa shape index (κ2) is 4.08. The third kappa shape index (κ3) is 1.73. The highest BCUT2D eigenvalue weighted by molar-refractivity contribution is 6.52. The topological polar surface area (TPSA) is 54.5 Å². The summed E-state index contributed by atoms with van der Waals surface area (Å²) < 4.78 is 13.6. The highest BCUT2D eigenvalue weighted by Crippen LogP contribution is 2.31. The third-order valence-corrected chi connectivity index (χ3v) is 2.67. The SMILES string of the molecule is CCC(=O)CN1C(=O)C(=O)c2cccc(F)c21. The van der Waals surface area contributed by atoms with Crippen molar-refractivity contribution in [3.8, 4) is 0 Å². The second-order valence-electron chi connectivity index (χ2n) is 3.75. The molecular formula is C12H10FNO3. The Bertz CT molecular complexity index is 524. The minimum atomic E-state index is -0.841. The first-order chi connectivity index (χ1) is 8.06. The van der Waals surface area contributed by atoms with E-state index in [1.807, 2.05) is 0 Å². The smallest absolute Gasteiger partial charge is 0.298 e. The number of amides is 1. The van der Waals surface area contributed by atoms with Crippen molar-refractivity contribution in [1.82, 2.24) is 0 Å². The molecule has 88 valence electrons. The van der Waals surface area contributed by atoms with Crippen LogP contribution in [0.15, 0.2) is 18.2 Å². The van der Waals surface area contributed by atoms with Gasteiger partial charge in [0.05, 0.1) is 17.8 Å². The van der Waals surface area contributed by atoms with Gasteiger partial charge in [-0.2, -0.15) is 0 Å². The van der Waals surface area contributed by atoms with Crippen molar-refractivity contribution < 1.29 is 18.8 Å². The van der Waals surface area contributed by atoms with Gasteiger partial charge in [0, 0.05) is 6.42 Å². The van der Waals surface area contributed by atoms with E-state index in [4.69, 9.17) is 0 Å². The normalized spacial score (nSPS) is 14.1. The molecule has 1 heterocycles. The van der Waals surface area contributed by atoms with E-state index in [1.165, 1.54) is 12.1 Å². The van der Waals surface area contributed by atoms with E-state index >= 15 is 0 Å².